The number of pyridine rings is 1. The minimum absolute atomic E-state index is 0.361. The molecule has 3 N–H and O–H groups in total. The zero-order valence-corrected chi connectivity index (χ0v) is 15.5. The van der Waals surface area contributed by atoms with Gasteiger partial charge in [0.05, 0.1) is 5.56 Å². The summed E-state index contributed by atoms with van der Waals surface area (Å²) >= 11 is 0. The van der Waals surface area contributed by atoms with Crippen molar-refractivity contribution >= 4 is 5.91 Å². The van der Waals surface area contributed by atoms with Gasteiger partial charge in [-0.2, -0.15) is 0 Å². The maximum Gasteiger partial charge on any atom is 0.250 e. The lowest BCUT2D eigenvalue weighted by atomic mass is 9.97. The first-order chi connectivity index (χ1) is 13.2. The molecule has 1 atom stereocenters. The van der Waals surface area contributed by atoms with E-state index in [0.29, 0.717) is 17.2 Å². The number of amides is 1. The van der Waals surface area contributed by atoms with Crippen LogP contribution in [0.5, 0.6) is 11.6 Å². The Bertz CT molecular complexity index is 708. The second kappa shape index (κ2) is 10.0. The lowest BCUT2D eigenvalue weighted by molar-refractivity contribution is 0.1000. The fourth-order valence-corrected chi connectivity index (χ4v) is 3.18. The second-order valence-electron chi connectivity index (χ2n) is 6.87. The molecule has 0 radical (unpaired) electrons. The summed E-state index contributed by atoms with van der Waals surface area (Å²) in [6.07, 6.45) is 6.27. The minimum atomic E-state index is -0.502. The molecule has 1 saturated heterocycles. The standard InChI is InChI=1S/C21H27N3O3/c22-21(25)18-5-8-20(24-15-18)27-19-6-3-17(4-7-19)14-23-11-9-16-2-1-12-26-13-10-16/h3-8,15-16,23H,1-2,9-14H2,(H2,22,25). The molecule has 0 saturated carbocycles. The summed E-state index contributed by atoms with van der Waals surface area (Å²) in [7, 11) is 0. The van der Waals surface area contributed by atoms with E-state index >= 15 is 0 Å². The SMILES string of the molecule is NC(=O)c1ccc(Oc2ccc(CNCCC3CCCOCC3)cc2)nc1. The van der Waals surface area contributed by atoms with Gasteiger partial charge in [0.15, 0.2) is 0 Å². The molecule has 1 fully saturated rings. The van der Waals surface area contributed by atoms with Gasteiger partial charge in [-0.1, -0.05) is 12.1 Å². The smallest absolute Gasteiger partial charge is 0.250 e. The van der Waals surface area contributed by atoms with Crippen LogP contribution in [0.4, 0.5) is 0 Å². The predicted octanol–water partition coefficient (Wildman–Crippen LogP) is 3.27. The van der Waals surface area contributed by atoms with Crippen LogP contribution in [0.3, 0.4) is 0 Å². The molecule has 1 aliphatic rings. The average Bonchev–Trinajstić information content (AvgIpc) is 2.96. The average molecular weight is 369 g/mol. The van der Waals surface area contributed by atoms with E-state index in [2.05, 4.69) is 10.3 Å². The summed E-state index contributed by atoms with van der Waals surface area (Å²) in [5, 5.41) is 3.52. The van der Waals surface area contributed by atoms with Crippen molar-refractivity contribution in [3.8, 4) is 11.6 Å². The summed E-state index contributed by atoms with van der Waals surface area (Å²) in [4.78, 5) is 15.1. The van der Waals surface area contributed by atoms with E-state index in [9.17, 15) is 4.79 Å². The normalized spacial score (nSPS) is 17.3. The number of carbonyl (C=O) groups is 1. The van der Waals surface area contributed by atoms with Crippen LogP contribution in [0.2, 0.25) is 0 Å². The van der Waals surface area contributed by atoms with Crippen LogP contribution in [-0.4, -0.2) is 30.6 Å². The van der Waals surface area contributed by atoms with Crippen LogP contribution < -0.4 is 15.8 Å². The van der Waals surface area contributed by atoms with Gasteiger partial charge in [0, 0.05) is 32.0 Å². The van der Waals surface area contributed by atoms with Crippen LogP contribution in [-0.2, 0) is 11.3 Å². The first kappa shape index (κ1) is 19.3. The van der Waals surface area contributed by atoms with Crippen LogP contribution in [0.15, 0.2) is 42.6 Å². The molecule has 1 amide bonds. The van der Waals surface area contributed by atoms with Crippen molar-refractivity contribution in [1.29, 1.82) is 0 Å². The van der Waals surface area contributed by atoms with Gasteiger partial charge in [-0.3, -0.25) is 4.79 Å². The second-order valence-corrected chi connectivity index (χ2v) is 6.87. The van der Waals surface area contributed by atoms with E-state index in [1.165, 1.54) is 37.4 Å². The van der Waals surface area contributed by atoms with E-state index in [4.69, 9.17) is 15.2 Å². The zero-order valence-electron chi connectivity index (χ0n) is 15.5. The summed E-state index contributed by atoms with van der Waals surface area (Å²) in [5.74, 6) is 1.41. The van der Waals surface area contributed by atoms with Crippen LogP contribution in [0.25, 0.3) is 0 Å². The van der Waals surface area contributed by atoms with Gasteiger partial charge in [0.1, 0.15) is 5.75 Å². The highest BCUT2D eigenvalue weighted by molar-refractivity contribution is 5.92. The molecule has 2 heterocycles. The summed E-state index contributed by atoms with van der Waals surface area (Å²) in [5.41, 5.74) is 6.77. The van der Waals surface area contributed by atoms with Crippen LogP contribution in [0, 0.1) is 5.92 Å². The number of nitrogens with zero attached hydrogens (tertiary/aromatic N) is 1. The Labute approximate surface area is 160 Å². The Balaban J connectivity index is 1.41. The van der Waals surface area contributed by atoms with E-state index in [0.717, 1.165) is 32.2 Å². The van der Waals surface area contributed by atoms with Gasteiger partial charge in [-0.25, -0.2) is 4.98 Å². The van der Waals surface area contributed by atoms with Crippen molar-refractivity contribution in [3.63, 3.8) is 0 Å². The number of aromatic nitrogens is 1. The molecule has 144 valence electrons. The molecule has 1 unspecified atom stereocenters. The predicted molar refractivity (Wildman–Crippen MR) is 104 cm³/mol. The fourth-order valence-electron chi connectivity index (χ4n) is 3.18. The van der Waals surface area contributed by atoms with Crippen molar-refractivity contribution in [3.05, 3.63) is 53.7 Å². The number of hydrogen-bond acceptors (Lipinski definition) is 5. The Kier molecular flexibility index (Phi) is 7.19. The Morgan fingerprint density at radius 3 is 2.78 bits per heavy atom. The summed E-state index contributed by atoms with van der Waals surface area (Å²) in [6.45, 7) is 3.70. The van der Waals surface area contributed by atoms with E-state index in [-0.39, 0.29) is 0 Å². The fraction of sp³-hybridized carbons (Fsp3) is 0.429. The molecular weight excluding hydrogens is 342 g/mol. The number of nitrogens with one attached hydrogen (secondary N) is 1. The Hall–Kier alpha value is -2.44. The van der Waals surface area contributed by atoms with Gasteiger partial charge in [-0.05, 0) is 61.9 Å². The molecular formula is C21H27N3O3. The molecule has 1 aliphatic heterocycles. The first-order valence-corrected chi connectivity index (χ1v) is 9.52. The van der Waals surface area contributed by atoms with Gasteiger partial charge in [0.2, 0.25) is 11.8 Å². The zero-order chi connectivity index (χ0) is 18.9. The lowest BCUT2D eigenvalue weighted by Crippen LogP contribution is -2.18. The topological polar surface area (TPSA) is 86.5 Å². The van der Waals surface area contributed by atoms with Gasteiger partial charge in [0.25, 0.3) is 0 Å². The molecule has 6 nitrogen and oxygen atoms in total. The molecule has 0 bridgehead atoms. The highest BCUT2D eigenvalue weighted by Crippen LogP contribution is 2.20. The first-order valence-electron chi connectivity index (χ1n) is 9.52. The molecule has 6 heteroatoms. The van der Waals surface area contributed by atoms with Crippen molar-refractivity contribution in [2.75, 3.05) is 19.8 Å². The summed E-state index contributed by atoms with van der Waals surface area (Å²) in [6, 6.07) is 11.2. The highest BCUT2D eigenvalue weighted by atomic mass is 16.5. The molecule has 1 aromatic heterocycles. The number of benzene rings is 1. The minimum Gasteiger partial charge on any atom is -0.439 e. The van der Waals surface area contributed by atoms with Crippen LogP contribution in [0.1, 0.15) is 41.6 Å². The maximum absolute atomic E-state index is 11.1. The third-order valence-corrected chi connectivity index (χ3v) is 4.80. The van der Waals surface area contributed by atoms with E-state index < -0.39 is 5.91 Å². The molecule has 1 aromatic carbocycles. The number of ether oxygens (including phenoxy) is 2. The number of nitrogens with two attached hydrogens (primary N) is 1. The molecule has 3 rings (SSSR count). The van der Waals surface area contributed by atoms with Crippen LogP contribution >= 0.6 is 0 Å². The summed E-state index contributed by atoms with van der Waals surface area (Å²) < 4.78 is 11.2. The number of primary amides is 1. The largest absolute Gasteiger partial charge is 0.439 e. The van der Waals surface area contributed by atoms with Crippen molar-refractivity contribution in [2.24, 2.45) is 11.7 Å². The number of rotatable bonds is 8. The molecule has 27 heavy (non-hydrogen) atoms. The van der Waals surface area contributed by atoms with E-state index in [1.54, 1.807) is 12.1 Å². The van der Waals surface area contributed by atoms with Gasteiger partial charge >= 0.3 is 0 Å². The van der Waals surface area contributed by atoms with Gasteiger partial charge in [-0.15, -0.1) is 0 Å². The van der Waals surface area contributed by atoms with Crippen molar-refractivity contribution < 1.29 is 14.3 Å². The highest BCUT2D eigenvalue weighted by Gasteiger charge is 2.11. The van der Waals surface area contributed by atoms with Crippen molar-refractivity contribution in [1.82, 2.24) is 10.3 Å². The monoisotopic (exact) mass is 369 g/mol. The third kappa shape index (κ3) is 6.34. The lowest BCUT2D eigenvalue weighted by Gasteiger charge is -2.13. The Morgan fingerprint density at radius 1 is 1.19 bits per heavy atom. The molecule has 0 spiro atoms. The quantitative estimate of drug-likeness (QED) is 0.698. The number of carbonyl (C=O) groups excluding carboxylic acids is 1. The Morgan fingerprint density at radius 2 is 2.04 bits per heavy atom. The van der Waals surface area contributed by atoms with E-state index in [1.807, 2.05) is 24.3 Å². The van der Waals surface area contributed by atoms with Crippen molar-refractivity contribution in [2.45, 2.75) is 32.2 Å². The molecule has 2 aromatic rings. The maximum atomic E-state index is 11.1. The molecule has 0 aliphatic carbocycles. The number of hydrogen-bond donors (Lipinski definition) is 2. The third-order valence-electron chi connectivity index (χ3n) is 4.80. The van der Waals surface area contributed by atoms with Gasteiger partial charge < -0.3 is 20.5 Å².